The third kappa shape index (κ3) is 2.60. The van der Waals surface area contributed by atoms with Crippen molar-refractivity contribution in [2.24, 2.45) is 0 Å². The van der Waals surface area contributed by atoms with Crippen molar-refractivity contribution in [1.82, 2.24) is 4.90 Å². The maximum atomic E-state index is 11.8. The van der Waals surface area contributed by atoms with Crippen molar-refractivity contribution in [1.29, 1.82) is 0 Å². The van der Waals surface area contributed by atoms with Gasteiger partial charge in [-0.05, 0) is 19.1 Å². The van der Waals surface area contributed by atoms with Crippen LogP contribution >= 0.6 is 11.6 Å². The molecule has 1 aromatic carbocycles. The van der Waals surface area contributed by atoms with E-state index in [-0.39, 0.29) is 5.91 Å². The molecule has 0 radical (unpaired) electrons. The van der Waals surface area contributed by atoms with E-state index in [0.29, 0.717) is 10.6 Å². The predicted molar refractivity (Wildman–Crippen MR) is 64.2 cm³/mol. The summed E-state index contributed by atoms with van der Waals surface area (Å²) in [7, 11) is 3.45. The minimum absolute atomic E-state index is 0.0365. The summed E-state index contributed by atoms with van der Waals surface area (Å²) in [5.41, 5.74) is 1.41. The van der Waals surface area contributed by atoms with Gasteiger partial charge in [-0.1, -0.05) is 29.8 Å². The standard InChI is InChI=1S/C12H14ClNO/c1-4-6-9-10(12(15)14(2)3)7-5-8-11(9)13/h4-8H,1-3H3/b6-4+. The molecule has 0 fully saturated rings. The highest BCUT2D eigenvalue weighted by Gasteiger charge is 2.13. The first kappa shape index (κ1) is 11.8. The van der Waals surface area contributed by atoms with E-state index in [2.05, 4.69) is 0 Å². The third-order valence-electron chi connectivity index (χ3n) is 2.02. The molecule has 0 saturated heterocycles. The lowest BCUT2D eigenvalue weighted by Crippen LogP contribution is -2.22. The molecule has 0 heterocycles. The van der Waals surface area contributed by atoms with Gasteiger partial charge in [0, 0.05) is 30.2 Å². The fourth-order valence-electron chi connectivity index (χ4n) is 1.30. The molecular formula is C12H14ClNO. The minimum atomic E-state index is -0.0365. The van der Waals surface area contributed by atoms with Crippen LogP contribution in [0, 0.1) is 0 Å². The van der Waals surface area contributed by atoms with Crippen molar-refractivity contribution < 1.29 is 4.79 Å². The van der Waals surface area contributed by atoms with Crippen LogP contribution in [0.25, 0.3) is 6.08 Å². The summed E-state index contributed by atoms with van der Waals surface area (Å²) in [5.74, 6) is -0.0365. The number of carbonyl (C=O) groups excluding carboxylic acids is 1. The number of hydrogen-bond acceptors (Lipinski definition) is 1. The zero-order chi connectivity index (χ0) is 11.4. The number of rotatable bonds is 2. The maximum absolute atomic E-state index is 11.8. The summed E-state index contributed by atoms with van der Waals surface area (Å²) < 4.78 is 0. The molecule has 1 rings (SSSR count). The monoisotopic (exact) mass is 223 g/mol. The lowest BCUT2D eigenvalue weighted by atomic mass is 10.1. The zero-order valence-corrected chi connectivity index (χ0v) is 9.88. The first-order valence-electron chi connectivity index (χ1n) is 4.70. The largest absolute Gasteiger partial charge is 0.345 e. The number of halogens is 1. The average molecular weight is 224 g/mol. The van der Waals surface area contributed by atoms with E-state index >= 15 is 0 Å². The van der Waals surface area contributed by atoms with Gasteiger partial charge in [0.2, 0.25) is 0 Å². The van der Waals surface area contributed by atoms with Gasteiger partial charge < -0.3 is 4.90 Å². The molecule has 0 saturated carbocycles. The molecule has 0 aliphatic rings. The summed E-state index contributed by atoms with van der Waals surface area (Å²) >= 11 is 6.03. The molecule has 0 atom stereocenters. The maximum Gasteiger partial charge on any atom is 0.253 e. The van der Waals surface area contributed by atoms with Crippen LogP contribution in [0.3, 0.4) is 0 Å². The van der Waals surface area contributed by atoms with Crippen molar-refractivity contribution in [3.05, 3.63) is 40.4 Å². The van der Waals surface area contributed by atoms with Crippen molar-refractivity contribution in [3.63, 3.8) is 0 Å². The molecular weight excluding hydrogens is 210 g/mol. The highest BCUT2D eigenvalue weighted by atomic mass is 35.5. The van der Waals surface area contributed by atoms with Crippen LogP contribution in [0.1, 0.15) is 22.8 Å². The topological polar surface area (TPSA) is 20.3 Å². The second kappa shape index (κ2) is 4.99. The van der Waals surface area contributed by atoms with Gasteiger partial charge in [-0.15, -0.1) is 0 Å². The number of benzene rings is 1. The second-order valence-electron chi connectivity index (χ2n) is 3.40. The van der Waals surface area contributed by atoms with E-state index in [9.17, 15) is 4.79 Å². The van der Waals surface area contributed by atoms with Gasteiger partial charge in [0.15, 0.2) is 0 Å². The SMILES string of the molecule is C/C=C/c1c(Cl)cccc1C(=O)N(C)C. The van der Waals surface area contributed by atoms with E-state index in [0.717, 1.165) is 5.56 Å². The van der Waals surface area contributed by atoms with Crippen LogP contribution in [0.2, 0.25) is 5.02 Å². The van der Waals surface area contributed by atoms with Crippen LogP contribution in [-0.4, -0.2) is 24.9 Å². The molecule has 0 N–H and O–H groups in total. The Bertz CT molecular complexity index is 397. The van der Waals surface area contributed by atoms with Crippen molar-refractivity contribution in [3.8, 4) is 0 Å². The molecule has 0 aliphatic carbocycles. The summed E-state index contributed by atoms with van der Waals surface area (Å²) in [6.07, 6.45) is 3.72. The quantitative estimate of drug-likeness (QED) is 0.755. The molecule has 1 aromatic rings. The van der Waals surface area contributed by atoms with Crippen LogP contribution in [0.5, 0.6) is 0 Å². The Balaban J connectivity index is 3.28. The van der Waals surface area contributed by atoms with Crippen LogP contribution < -0.4 is 0 Å². The van der Waals surface area contributed by atoms with E-state index in [1.807, 2.05) is 19.1 Å². The van der Waals surface area contributed by atoms with Gasteiger partial charge in [-0.25, -0.2) is 0 Å². The number of allylic oxidation sites excluding steroid dienone is 1. The summed E-state index contributed by atoms with van der Waals surface area (Å²) in [6, 6.07) is 5.35. The lowest BCUT2D eigenvalue weighted by molar-refractivity contribution is 0.0827. The van der Waals surface area contributed by atoms with Crippen LogP contribution in [0.15, 0.2) is 24.3 Å². The minimum Gasteiger partial charge on any atom is -0.345 e. The molecule has 80 valence electrons. The molecule has 0 unspecified atom stereocenters. The van der Waals surface area contributed by atoms with Crippen molar-refractivity contribution in [2.45, 2.75) is 6.92 Å². The zero-order valence-electron chi connectivity index (χ0n) is 9.12. The Kier molecular flexibility index (Phi) is 3.92. The van der Waals surface area contributed by atoms with Gasteiger partial charge in [0.05, 0.1) is 0 Å². The number of hydrogen-bond donors (Lipinski definition) is 0. The van der Waals surface area contributed by atoms with E-state index in [1.54, 1.807) is 37.2 Å². The van der Waals surface area contributed by atoms with Gasteiger partial charge in [-0.3, -0.25) is 4.79 Å². The Morgan fingerprint density at radius 3 is 2.60 bits per heavy atom. The first-order chi connectivity index (χ1) is 7.07. The number of amides is 1. The predicted octanol–water partition coefficient (Wildman–Crippen LogP) is 3.07. The molecule has 2 nitrogen and oxygen atoms in total. The van der Waals surface area contributed by atoms with Gasteiger partial charge in [0.1, 0.15) is 0 Å². The molecule has 3 heteroatoms. The Labute approximate surface area is 95.2 Å². The highest BCUT2D eigenvalue weighted by molar-refractivity contribution is 6.32. The van der Waals surface area contributed by atoms with E-state index < -0.39 is 0 Å². The molecule has 1 amide bonds. The number of nitrogens with zero attached hydrogens (tertiary/aromatic N) is 1. The second-order valence-corrected chi connectivity index (χ2v) is 3.81. The number of carbonyl (C=O) groups is 1. The lowest BCUT2D eigenvalue weighted by Gasteiger charge is -2.13. The van der Waals surface area contributed by atoms with E-state index in [4.69, 9.17) is 11.6 Å². The Morgan fingerprint density at radius 1 is 1.40 bits per heavy atom. The Hall–Kier alpha value is -1.28. The van der Waals surface area contributed by atoms with Gasteiger partial charge in [-0.2, -0.15) is 0 Å². The van der Waals surface area contributed by atoms with Gasteiger partial charge >= 0.3 is 0 Å². The first-order valence-corrected chi connectivity index (χ1v) is 5.08. The van der Waals surface area contributed by atoms with Crippen LogP contribution in [0.4, 0.5) is 0 Å². The normalized spacial score (nSPS) is 10.7. The smallest absolute Gasteiger partial charge is 0.253 e. The summed E-state index contributed by atoms with van der Waals surface area (Å²) in [5, 5.41) is 0.598. The molecule has 0 bridgehead atoms. The highest BCUT2D eigenvalue weighted by Crippen LogP contribution is 2.22. The molecule has 0 aliphatic heterocycles. The average Bonchev–Trinajstić information content (AvgIpc) is 2.20. The van der Waals surface area contributed by atoms with E-state index in [1.165, 1.54) is 0 Å². The third-order valence-corrected chi connectivity index (χ3v) is 2.35. The van der Waals surface area contributed by atoms with Crippen molar-refractivity contribution >= 4 is 23.6 Å². The fourth-order valence-corrected chi connectivity index (χ4v) is 1.54. The summed E-state index contributed by atoms with van der Waals surface area (Å²) in [4.78, 5) is 13.4. The van der Waals surface area contributed by atoms with Crippen LogP contribution in [-0.2, 0) is 0 Å². The molecule has 0 spiro atoms. The molecule has 15 heavy (non-hydrogen) atoms. The fraction of sp³-hybridized carbons (Fsp3) is 0.250. The summed E-state index contributed by atoms with van der Waals surface area (Å²) in [6.45, 7) is 1.90. The molecule has 0 aromatic heterocycles. The van der Waals surface area contributed by atoms with Gasteiger partial charge in [0.25, 0.3) is 5.91 Å². The van der Waals surface area contributed by atoms with Crippen molar-refractivity contribution in [2.75, 3.05) is 14.1 Å². The Morgan fingerprint density at radius 2 is 2.07 bits per heavy atom.